The van der Waals surface area contributed by atoms with Crippen molar-refractivity contribution in [1.82, 2.24) is 15.1 Å². The molecule has 2 aromatic rings. The van der Waals surface area contributed by atoms with Gasteiger partial charge in [-0.05, 0) is 48.6 Å². The summed E-state index contributed by atoms with van der Waals surface area (Å²) in [4.78, 5) is 12.7. The van der Waals surface area contributed by atoms with Gasteiger partial charge in [0, 0.05) is 25.2 Å². The number of hydrogen-bond donors (Lipinski definition) is 1. The number of aromatic nitrogens is 2. The van der Waals surface area contributed by atoms with E-state index in [4.69, 9.17) is 0 Å². The largest absolute Gasteiger partial charge is 0.353 e. The minimum atomic E-state index is 0.142. The molecule has 1 heterocycles. The van der Waals surface area contributed by atoms with E-state index in [9.17, 15) is 4.79 Å². The van der Waals surface area contributed by atoms with E-state index in [0.717, 1.165) is 19.3 Å². The number of rotatable bonds is 5. The van der Waals surface area contributed by atoms with E-state index < -0.39 is 0 Å². The van der Waals surface area contributed by atoms with Gasteiger partial charge in [-0.3, -0.25) is 9.48 Å². The Morgan fingerprint density at radius 2 is 2.04 bits per heavy atom. The zero-order valence-electron chi connectivity index (χ0n) is 14.9. The highest BCUT2D eigenvalue weighted by atomic mass is 16.2. The lowest BCUT2D eigenvalue weighted by molar-refractivity contribution is -0.123. The molecule has 1 amide bonds. The summed E-state index contributed by atoms with van der Waals surface area (Å²) >= 11 is 0. The van der Waals surface area contributed by atoms with Crippen LogP contribution in [0.4, 0.5) is 0 Å². The maximum atomic E-state index is 12.7. The van der Waals surface area contributed by atoms with Gasteiger partial charge in [-0.1, -0.05) is 43.2 Å². The third-order valence-electron chi connectivity index (χ3n) is 5.86. The predicted octanol–water partition coefficient (Wildman–Crippen LogP) is 3.44. The van der Waals surface area contributed by atoms with Crippen LogP contribution < -0.4 is 5.32 Å². The highest BCUT2D eigenvalue weighted by Crippen LogP contribution is 2.47. The molecule has 0 saturated heterocycles. The zero-order chi connectivity index (χ0) is 17.2. The third kappa shape index (κ3) is 3.78. The molecule has 1 aromatic heterocycles. The molecule has 4 atom stereocenters. The Labute approximate surface area is 149 Å². The zero-order valence-corrected chi connectivity index (χ0v) is 14.9. The number of benzene rings is 1. The second-order valence-corrected chi connectivity index (χ2v) is 7.75. The average Bonchev–Trinajstić information content (AvgIpc) is 3.32. The van der Waals surface area contributed by atoms with Crippen LogP contribution in [0.2, 0.25) is 0 Å². The smallest absolute Gasteiger partial charge is 0.223 e. The summed E-state index contributed by atoms with van der Waals surface area (Å²) in [6.07, 6.45) is 10.8. The molecule has 25 heavy (non-hydrogen) atoms. The van der Waals surface area contributed by atoms with Crippen LogP contribution in [0.5, 0.6) is 0 Å². The molecular weight excluding hydrogens is 310 g/mol. The molecule has 2 aliphatic carbocycles. The molecule has 4 nitrogen and oxygen atoms in total. The van der Waals surface area contributed by atoms with E-state index in [1.807, 2.05) is 24.1 Å². The van der Waals surface area contributed by atoms with Crippen molar-refractivity contribution in [3.63, 3.8) is 0 Å². The van der Waals surface area contributed by atoms with E-state index in [1.54, 1.807) is 0 Å². The molecule has 0 bridgehead atoms. The van der Waals surface area contributed by atoms with E-state index in [-0.39, 0.29) is 11.8 Å². The Morgan fingerprint density at radius 3 is 2.80 bits per heavy atom. The Kier molecular flexibility index (Phi) is 4.60. The van der Waals surface area contributed by atoms with Crippen LogP contribution in [0.15, 0.2) is 42.7 Å². The van der Waals surface area contributed by atoms with Crippen LogP contribution in [-0.2, 0) is 18.3 Å². The Balaban J connectivity index is 1.36. The summed E-state index contributed by atoms with van der Waals surface area (Å²) in [6, 6.07) is 11.0. The predicted molar refractivity (Wildman–Crippen MR) is 98.1 cm³/mol. The fourth-order valence-electron chi connectivity index (χ4n) is 4.33. The first kappa shape index (κ1) is 16.4. The maximum Gasteiger partial charge on any atom is 0.223 e. The first-order valence-corrected chi connectivity index (χ1v) is 9.53. The van der Waals surface area contributed by atoms with Gasteiger partial charge < -0.3 is 5.32 Å². The number of nitrogens with zero attached hydrogens (tertiary/aromatic N) is 2. The summed E-state index contributed by atoms with van der Waals surface area (Å²) in [7, 11) is 1.93. The lowest BCUT2D eigenvalue weighted by Gasteiger charge is -2.32. The minimum absolute atomic E-state index is 0.142. The second-order valence-electron chi connectivity index (χ2n) is 7.75. The van der Waals surface area contributed by atoms with Gasteiger partial charge in [0.2, 0.25) is 5.91 Å². The molecule has 2 aliphatic rings. The van der Waals surface area contributed by atoms with Crippen LogP contribution in [0.1, 0.15) is 49.1 Å². The Hall–Kier alpha value is -2.10. The molecular formula is C21H27N3O. The fraction of sp³-hybridized carbons (Fsp3) is 0.524. The van der Waals surface area contributed by atoms with Crippen molar-refractivity contribution >= 4 is 5.91 Å². The van der Waals surface area contributed by atoms with E-state index in [0.29, 0.717) is 17.9 Å². The number of hydrogen-bond acceptors (Lipinski definition) is 2. The quantitative estimate of drug-likeness (QED) is 0.908. The Bertz CT molecular complexity index is 724. The second kappa shape index (κ2) is 7.03. The number of amides is 1. The van der Waals surface area contributed by atoms with Crippen molar-refractivity contribution in [2.45, 2.75) is 50.5 Å². The molecule has 4 rings (SSSR count). The highest BCUT2D eigenvalue weighted by Gasteiger charge is 2.45. The Morgan fingerprint density at radius 1 is 1.24 bits per heavy atom. The monoisotopic (exact) mass is 337 g/mol. The number of carbonyl (C=O) groups is 1. The standard InChI is InChI=1S/C21H27N3O/c1-24-14-17(13-22-24)18-12-19(18)21(25)23-20-10-6-5-9-16(20)11-15-7-3-2-4-8-15/h2-4,7-8,13-14,16,18-20H,5-6,9-12H2,1H3,(H,23,25)/t16-,18+,19+,20+/m1/s1. The average molecular weight is 337 g/mol. The first-order valence-electron chi connectivity index (χ1n) is 9.53. The number of carbonyl (C=O) groups excluding carboxylic acids is 1. The highest BCUT2D eigenvalue weighted by molar-refractivity contribution is 5.83. The van der Waals surface area contributed by atoms with Crippen LogP contribution in [0, 0.1) is 11.8 Å². The van der Waals surface area contributed by atoms with Crippen molar-refractivity contribution in [2.75, 3.05) is 0 Å². The molecule has 4 heteroatoms. The van der Waals surface area contributed by atoms with E-state index in [1.165, 1.54) is 30.4 Å². The molecule has 132 valence electrons. The van der Waals surface area contributed by atoms with Crippen LogP contribution in [-0.4, -0.2) is 21.7 Å². The van der Waals surface area contributed by atoms with Gasteiger partial charge >= 0.3 is 0 Å². The lowest BCUT2D eigenvalue weighted by Crippen LogP contribution is -2.43. The molecule has 0 aliphatic heterocycles. The molecule has 1 aromatic carbocycles. The van der Waals surface area contributed by atoms with E-state index in [2.05, 4.69) is 40.7 Å². The van der Waals surface area contributed by atoms with Gasteiger partial charge in [-0.15, -0.1) is 0 Å². The molecule has 0 spiro atoms. The summed E-state index contributed by atoms with van der Waals surface area (Å²) in [5.74, 6) is 1.32. The van der Waals surface area contributed by atoms with Crippen LogP contribution >= 0.6 is 0 Å². The fourth-order valence-corrected chi connectivity index (χ4v) is 4.33. The van der Waals surface area contributed by atoms with Crippen LogP contribution in [0.25, 0.3) is 0 Å². The molecule has 2 saturated carbocycles. The van der Waals surface area contributed by atoms with Crippen molar-refractivity contribution in [3.8, 4) is 0 Å². The van der Waals surface area contributed by atoms with Crippen molar-refractivity contribution < 1.29 is 4.79 Å². The number of aryl methyl sites for hydroxylation is 1. The van der Waals surface area contributed by atoms with Gasteiger partial charge in [0.1, 0.15) is 0 Å². The van der Waals surface area contributed by atoms with Crippen molar-refractivity contribution in [3.05, 3.63) is 53.9 Å². The van der Waals surface area contributed by atoms with Gasteiger partial charge in [0.05, 0.1) is 6.20 Å². The summed E-state index contributed by atoms with van der Waals surface area (Å²) < 4.78 is 1.82. The first-order chi connectivity index (χ1) is 12.2. The van der Waals surface area contributed by atoms with E-state index >= 15 is 0 Å². The summed E-state index contributed by atoms with van der Waals surface area (Å²) in [5.41, 5.74) is 2.58. The molecule has 0 unspecified atom stereocenters. The van der Waals surface area contributed by atoms with Crippen molar-refractivity contribution in [2.24, 2.45) is 18.9 Å². The molecule has 2 fully saturated rings. The number of nitrogens with one attached hydrogen (secondary N) is 1. The third-order valence-corrected chi connectivity index (χ3v) is 5.86. The molecule has 0 radical (unpaired) electrons. The SMILES string of the molecule is Cn1cc([C@@H]2C[C@@H]2C(=O)N[C@H]2CCCC[C@@H]2Cc2ccccc2)cn1. The van der Waals surface area contributed by atoms with Crippen LogP contribution in [0.3, 0.4) is 0 Å². The summed E-state index contributed by atoms with van der Waals surface area (Å²) in [5, 5.41) is 7.62. The van der Waals surface area contributed by atoms with Gasteiger partial charge in [0.15, 0.2) is 0 Å². The molecule has 1 N–H and O–H groups in total. The lowest BCUT2D eigenvalue weighted by atomic mass is 9.80. The minimum Gasteiger partial charge on any atom is -0.353 e. The topological polar surface area (TPSA) is 46.9 Å². The van der Waals surface area contributed by atoms with Gasteiger partial charge in [-0.25, -0.2) is 0 Å². The van der Waals surface area contributed by atoms with Crippen molar-refractivity contribution in [1.29, 1.82) is 0 Å². The normalized spacial score (nSPS) is 28.5. The van der Waals surface area contributed by atoms with Gasteiger partial charge in [-0.2, -0.15) is 5.10 Å². The summed E-state index contributed by atoms with van der Waals surface area (Å²) in [6.45, 7) is 0. The maximum absolute atomic E-state index is 12.7. The van der Waals surface area contributed by atoms with Gasteiger partial charge in [0.25, 0.3) is 0 Å².